The number of hydrogen-bond donors (Lipinski definition) is 0. The van der Waals surface area contributed by atoms with Crippen molar-refractivity contribution in [3.63, 3.8) is 0 Å². The third-order valence-electron chi connectivity index (χ3n) is 0. The second-order valence-corrected chi connectivity index (χ2v) is 1.21. The molecule has 0 spiro atoms. The zero-order chi connectivity index (χ0) is 5.41. The van der Waals surface area contributed by atoms with E-state index in [0.29, 0.717) is 0 Å². The molecule has 0 fully saturated rings. The average molecular weight is 149 g/mol. The zero-order valence-corrected chi connectivity index (χ0v) is 5.53. The summed E-state index contributed by atoms with van der Waals surface area (Å²) in [4.78, 5) is 1.56. The van der Waals surface area contributed by atoms with E-state index < -0.39 is 0 Å². The van der Waals surface area contributed by atoms with Crippen LogP contribution >= 0.6 is 15.9 Å². The second-order valence-electron chi connectivity index (χ2n) is 0.563. The van der Waals surface area contributed by atoms with Gasteiger partial charge in [-0.05, 0) is 11.9 Å². The van der Waals surface area contributed by atoms with Gasteiger partial charge in [0.1, 0.15) is 0 Å². The molecule has 0 aromatic rings. The normalized spacial score (nSPS) is 4.33. The van der Waals surface area contributed by atoms with Gasteiger partial charge < -0.3 is 0 Å². The summed E-state index contributed by atoms with van der Waals surface area (Å²) in [5, 5.41) is 0. The molecule has 0 heterocycles. The third kappa shape index (κ3) is 21700. The summed E-state index contributed by atoms with van der Waals surface area (Å²) in [6, 6.07) is 0. The summed E-state index contributed by atoms with van der Waals surface area (Å²) in [5.41, 5.74) is 0. The summed E-state index contributed by atoms with van der Waals surface area (Å²) in [6.45, 7) is 8.53. The van der Waals surface area contributed by atoms with Crippen LogP contribution in [-0.2, 0) is 0 Å². The van der Waals surface area contributed by atoms with Gasteiger partial charge >= 0.3 is 0 Å². The first-order chi connectivity index (χ1) is 2.83. The van der Waals surface area contributed by atoms with E-state index in [1.807, 2.05) is 6.92 Å². The van der Waals surface area contributed by atoms with Gasteiger partial charge in [-0.15, -0.1) is 6.58 Å². The Labute approximate surface area is 47.7 Å². The molecular formula is C5H9Br. The van der Waals surface area contributed by atoms with Gasteiger partial charge in [0.15, 0.2) is 0 Å². The number of hydrogen-bond acceptors (Lipinski definition) is 0. The van der Waals surface area contributed by atoms with E-state index in [1.54, 1.807) is 11.1 Å². The van der Waals surface area contributed by atoms with Crippen molar-refractivity contribution >= 4 is 15.9 Å². The van der Waals surface area contributed by atoms with E-state index in [2.05, 4.69) is 29.1 Å². The summed E-state index contributed by atoms with van der Waals surface area (Å²) < 4.78 is 0. The molecule has 1 heteroatoms. The molecule has 0 saturated carbocycles. The first-order valence-corrected chi connectivity index (χ1v) is 2.53. The van der Waals surface area contributed by atoms with Crippen molar-refractivity contribution in [2.75, 3.05) is 0 Å². The molecule has 0 aliphatic heterocycles. The maximum absolute atomic E-state index is 3.36. The Kier molecular flexibility index (Phi) is 31.6. The first kappa shape index (κ1) is 9.35. The van der Waals surface area contributed by atoms with Crippen LogP contribution in [0.4, 0.5) is 0 Å². The molecule has 0 rings (SSSR count). The standard InChI is InChI=1S/C3H6.C2H3Br/c1-3-2;1-2-3/h3H,1H2,2H3;2H,1H2. The predicted molar refractivity (Wildman–Crippen MR) is 35.0 cm³/mol. The van der Waals surface area contributed by atoms with Gasteiger partial charge in [-0.25, -0.2) is 0 Å². The first-order valence-electron chi connectivity index (χ1n) is 1.61. The highest BCUT2D eigenvalue weighted by Gasteiger charge is 1.18. The van der Waals surface area contributed by atoms with Crippen LogP contribution in [0.15, 0.2) is 24.2 Å². The average Bonchev–Trinajstić information content (AvgIpc) is 1.39. The van der Waals surface area contributed by atoms with Crippen molar-refractivity contribution in [3.8, 4) is 0 Å². The van der Waals surface area contributed by atoms with Gasteiger partial charge in [0.25, 0.3) is 0 Å². The Balaban J connectivity index is 0. The highest BCUT2D eigenvalue weighted by atomic mass is 79.9. The van der Waals surface area contributed by atoms with Crippen LogP contribution in [0.3, 0.4) is 0 Å². The highest BCUT2D eigenvalue weighted by molar-refractivity contribution is 9.11. The molecule has 36 valence electrons. The molecule has 6 heavy (non-hydrogen) atoms. The fraction of sp³-hybridized carbons (Fsp3) is 0.200. The number of allylic oxidation sites excluding steroid dienone is 1. The molecule has 0 aliphatic carbocycles. The Hall–Kier alpha value is -0.0400. The van der Waals surface area contributed by atoms with Gasteiger partial charge in [-0.2, -0.15) is 0 Å². The lowest BCUT2D eigenvalue weighted by atomic mass is 10.8. The Bertz CT molecular complexity index is 24.9. The van der Waals surface area contributed by atoms with Crippen LogP contribution in [-0.4, -0.2) is 0 Å². The Morgan fingerprint density at radius 3 is 1.50 bits per heavy atom. The summed E-state index contributed by atoms with van der Waals surface area (Å²) in [7, 11) is 0. The molecule has 0 radical (unpaired) electrons. The van der Waals surface area contributed by atoms with Crippen LogP contribution in [0.25, 0.3) is 0 Å². The maximum atomic E-state index is 3.36. The fourth-order valence-corrected chi connectivity index (χ4v) is 0. The minimum Gasteiger partial charge on any atom is -0.103 e. The lowest BCUT2D eigenvalue weighted by Crippen LogP contribution is -1.07. The minimum atomic E-state index is 1.56. The predicted octanol–water partition coefficient (Wildman–Crippen LogP) is 2.72. The van der Waals surface area contributed by atoms with Gasteiger partial charge in [-0.3, -0.25) is 0 Å². The van der Waals surface area contributed by atoms with Gasteiger partial charge in [0.05, 0.1) is 0 Å². The van der Waals surface area contributed by atoms with Gasteiger partial charge in [-0.1, -0.05) is 28.6 Å². The largest absolute Gasteiger partial charge is 0.103 e. The van der Waals surface area contributed by atoms with E-state index in [4.69, 9.17) is 0 Å². The molecular weight excluding hydrogens is 140 g/mol. The molecule has 0 bridgehead atoms. The lowest BCUT2D eigenvalue weighted by Gasteiger charge is -1.31. The van der Waals surface area contributed by atoms with Crippen LogP contribution in [0.1, 0.15) is 6.92 Å². The van der Waals surface area contributed by atoms with Crippen molar-refractivity contribution in [1.29, 1.82) is 0 Å². The maximum Gasteiger partial charge on any atom is -0.0261 e. The summed E-state index contributed by atoms with van der Waals surface area (Å²) in [6.07, 6.45) is 1.75. The summed E-state index contributed by atoms with van der Waals surface area (Å²) in [5.74, 6) is 0. The lowest BCUT2D eigenvalue weighted by molar-refractivity contribution is 1.80. The van der Waals surface area contributed by atoms with Crippen LogP contribution in [0.2, 0.25) is 0 Å². The zero-order valence-electron chi connectivity index (χ0n) is 3.95. The van der Waals surface area contributed by atoms with Crippen LogP contribution in [0, 0.1) is 0 Å². The minimum absolute atomic E-state index is 1.56. The molecule has 0 unspecified atom stereocenters. The van der Waals surface area contributed by atoms with E-state index in [0.717, 1.165) is 0 Å². The topological polar surface area (TPSA) is 0 Å². The Morgan fingerprint density at radius 2 is 1.50 bits per heavy atom. The fourth-order valence-electron chi connectivity index (χ4n) is 0. The molecule has 0 aromatic carbocycles. The monoisotopic (exact) mass is 148 g/mol. The van der Waals surface area contributed by atoms with Crippen LogP contribution in [0.5, 0.6) is 0 Å². The SMILES string of the molecule is C=CBr.C=CC. The van der Waals surface area contributed by atoms with Crippen LogP contribution < -0.4 is 0 Å². The van der Waals surface area contributed by atoms with Crippen molar-refractivity contribution < 1.29 is 0 Å². The van der Waals surface area contributed by atoms with E-state index >= 15 is 0 Å². The van der Waals surface area contributed by atoms with Crippen molar-refractivity contribution in [2.24, 2.45) is 0 Å². The number of halogens is 1. The summed E-state index contributed by atoms with van der Waals surface area (Å²) >= 11 is 2.91. The second kappa shape index (κ2) is 20.2. The Morgan fingerprint density at radius 1 is 1.50 bits per heavy atom. The van der Waals surface area contributed by atoms with Gasteiger partial charge in [0.2, 0.25) is 0 Å². The number of rotatable bonds is 0. The molecule has 0 amide bonds. The smallest absolute Gasteiger partial charge is 0.0261 e. The van der Waals surface area contributed by atoms with Crippen molar-refractivity contribution in [1.82, 2.24) is 0 Å². The molecule has 0 nitrogen and oxygen atoms in total. The van der Waals surface area contributed by atoms with E-state index in [1.165, 1.54) is 0 Å². The van der Waals surface area contributed by atoms with E-state index in [-0.39, 0.29) is 0 Å². The highest BCUT2D eigenvalue weighted by Crippen LogP contribution is 1.68. The molecule has 0 saturated heterocycles. The molecule has 0 aromatic heterocycles. The van der Waals surface area contributed by atoms with Gasteiger partial charge in [0, 0.05) is 0 Å². The third-order valence-corrected chi connectivity index (χ3v) is 0. The quantitative estimate of drug-likeness (QED) is 0.464. The van der Waals surface area contributed by atoms with Crippen molar-refractivity contribution in [3.05, 3.63) is 24.2 Å². The molecule has 0 atom stereocenters. The molecule has 0 aliphatic rings. The van der Waals surface area contributed by atoms with E-state index in [9.17, 15) is 0 Å². The molecule has 0 N–H and O–H groups in total. The van der Waals surface area contributed by atoms with Crippen molar-refractivity contribution in [2.45, 2.75) is 6.92 Å².